The zero-order valence-corrected chi connectivity index (χ0v) is 18.6. The third kappa shape index (κ3) is 4.65. The number of fused-ring (bicyclic) bond motifs is 2. The van der Waals surface area contributed by atoms with Gasteiger partial charge in [0, 0.05) is 24.7 Å². The molecule has 7 heteroatoms. The molecule has 31 heavy (non-hydrogen) atoms. The zero-order valence-electron chi connectivity index (χ0n) is 17.9. The smallest absolute Gasteiger partial charge is 0.256 e. The standard InChI is InChI=1S/C24H28ClFN2O3/c1-30-21-11-10-20(25)22(23(21)31-2)24(29)27-17-12-18-4-3-5-19(13-17)28(18)14-15-6-8-16(26)9-7-15/h6-11,17-19H,3-5,12-14H2,1-2H3,(H,27,29). The van der Waals surface area contributed by atoms with Crippen molar-refractivity contribution in [3.05, 3.63) is 58.4 Å². The van der Waals surface area contributed by atoms with E-state index in [1.54, 1.807) is 12.1 Å². The number of methoxy groups -OCH3 is 2. The second kappa shape index (κ2) is 9.45. The summed E-state index contributed by atoms with van der Waals surface area (Å²) in [6.45, 7) is 0.811. The molecular weight excluding hydrogens is 419 g/mol. The first-order chi connectivity index (χ1) is 15.0. The number of nitrogens with one attached hydrogen (secondary N) is 1. The Morgan fingerprint density at radius 3 is 2.39 bits per heavy atom. The Kier molecular flexibility index (Phi) is 6.68. The van der Waals surface area contributed by atoms with Crippen molar-refractivity contribution in [2.45, 2.75) is 56.8 Å². The van der Waals surface area contributed by atoms with Gasteiger partial charge in [0.25, 0.3) is 5.91 Å². The SMILES string of the molecule is COc1ccc(Cl)c(C(=O)NC2CC3CCCC(C2)N3Cc2ccc(F)cc2)c1OC. The normalized spacial score (nSPS) is 23.3. The van der Waals surface area contributed by atoms with Crippen LogP contribution in [0.15, 0.2) is 36.4 Å². The number of nitrogens with zero attached hydrogens (tertiary/aromatic N) is 1. The van der Waals surface area contributed by atoms with Crippen molar-refractivity contribution in [3.63, 3.8) is 0 Å². The fourth-order valence-corrected chi connectivity index (χ4v) is 5.26. The second-order valence-corrected chi connectivity index (χ2v) is 8.74. The predicted molar refractivity (Wildman–Crippen MR) is 118 cm³/mol. The van der Waals surface area contributed by atoms with E-state index in [1.165, 1.54) is 32.8 Å². The van der Waals surface area contributed by atoms with Gasteiger partial charge in [-0.1, -0.05) is 30.2 Å². The summed E-state index contributed by atoms with van der Waals surface area (Å²) in [5, 5.41) is 3.52. The zero-order chi connectivity index (χ0) is 22.0. The molecule has 2 bridgehead atoms. The molecule has 0 radical (unpaired) electrons. The van der Waals surface area contributed by atoms with E-state index in [0.717, 1.165) is 37.8 Å². The molecule has 2 heterocycles. The maximum atomic E-state index is 13.3. The van der Waals surface area contributed by atoms with E-state index in [4.69, 9.17) is 21.1 Å². The lowest BCUT2D eigenvalue weighted by atomic mass is 9.81. The molecule has 2 aromatic carbocycles. The third-order valence-corrected chi connectivity index (χ3v) is 6.78. The monoisotopic (exact) mass is 446 g/mol. The highest BCUT2D eigenvalue weighted by Gasteiger charge is 2.39. The van der Waals surface area contributed by atoms with Crippen LogP contribution in [0.25, 0.3) is 0 Å². The minimum absolute atomic E-state index is 0.0687. The molecule has 1 N–H and O–H groups in total. The second-order valence-electron chi connectivity index (χ2n) is 8.34. The first-order valence-corrected chi connectivity index (χ1v) is 11.1. The van der Waals surface area contributed by atoms with Crippen molar-refractivity contribution in [2.75, 3.05) is 14.2 Å². The van der Waals surface area contributed by atoms with Crippen LogP contribution >= 0.6 is 11.6 Å². The molecule has 2 atom stereocenters. The summed E-state index contributed by atoms with van der Waals surface area (Å²) in [6.07, 6.45) is 5.17. The molecule has 2 aliphatic heterocycles. The van der Waals surface area contributed by atoms with Gasteiger partial charge in [-0.05, 0) is 55.5 Å². The van der Waals surface area contributed by atoms with Gasteiger partial charge in [-0.15, -0.1) is 0 Å². The van der Waals surface area contributed by atoms with Crippen LogP contribution in [0, 0.1) is 5.82 Å². The quantitative estimate of drug-likeness (QED) is 0.691. The first-order valence-electron chi connectivity index (χ1n) is 10.7. The lowest BCUT2D eigenvalue weighted by Gasteiger charge is -2.49. The van der Waals surface area contributed by atoms with Crippen LogP contribution in [-0.4, -0.2) is 43.2 Å². The van der Waals surface area contributed by atoms with Crippen molar-refractivity contribution in [1.82, 2.24) is 10.2 Å². The maximum absolute atomic E-state index is 13.3. The van der Waals surface area contributed by atoms with Crippen LogP contribution < -0.4 is 14.8 Å². The maximum Gasteiger partial charge on any atom is 0.256 e. The van der Waals surface area contributed by atoms with Crippen LogP contribution in [0.3, 0.4) is 0 Å². The third-order valence-electron chi connectivity index (χ3n) is 6.46. The molecule has 0 aromatic heterocycles. The number of rotatable bonds is 6. The van der Waals surface area contributed by atoms with E-state index in [-0.39, 0.29) is 17.8 Å². The number of carbonyl (C=O) groups excluding carboxylic acids is 1. The molecule has 0 spiro atoms. The molecule has 0 aliphatic carbocycles. The lowest BCUT2D eigenvalue weighted by Crippen LogP contribution is -2.56. The van der Waals surface area contributed by atoms with E-state index >= 15 is 0 Å². The number of benzene rings is 2. The molecule has 2 aromatic rings. The molecule has 0 saturated carbocycles. The first kappa shape index (κ1) is 21.9. The van der Waals surface area contributed by atoms with Crippen molar-refractivity contribution >= 4 is 17.5 Å². The molecule has 2 saturated heterocycles. The van der Waals surface area contributed by atoms with Crippen molar-refractivity contribution in [2.24, 2.45) is 0 Å². The van der Waals surface area contributed by atoms with Gasteiger partial charge in [0.2, 0.25) is 0 Å². The van der Waals surface area contributed by atoms with Crippen LogP contribution in [0.2, 0.25) is 5.02 Å². The minimum atomic E-state index is -0.240. The van der Waals surface area contributed by atoms with Crippen molar-refractivity contribution in [1.29, 1.82) is 0 Å². The molecule has 2 unspecified atom stereocenters. The summed E-state index contributed by atoms with van der Waals surface area (Å²) in [7, 11) is 3.04. The highest BCUT2D eigenvalue weighted by Crippen LogP contribution is 2.38. The van der Waals surface area contributed by atoms with E-state index in [2.05, 4.69) is 10.2 Å². The number of carbonyl (C=O) groups is 1. The Hall–Kier alpha value is -2.31. The van der Waals surface area contributed by atoms with Crippen LogP contribution in [0.4, 0.5) is 4.39 Å². The van der Waals surface area contributed by atoms with Gasteiger partial charge in [0.05, 0.1) is 19.2 Å². The molecule has 166 valence electrons. The van der Waals surface area contributed by atoms with E-state index < -0.39 is 0 Å². The summed E-state index contributed by atoms with van der Waals surface area (Å²) in [5.41, 5.74) is 1.43. The summed E-state index contributed by atoms with van der Waals surface area (Å²) < 4.78 is 24.0. The average molecular weight is 447 g/mol. The number of amides is 1. The van der Waals surface area contributed by atoms with Crippen molar-refractivity contribution < 1.29 is 18.7 Å². The van der Waals surface area contributed by atoms with Gasteiger partial charge in [-0.2, -0.15) is 0 Å². The van der Waals surface area contributed by atoms with E-state index in [9.17, 15) is 9.18 Å². The molecular formula is C24H28ClFN2O3. The average Bonchev–Trinajstić information content (AvgIpc) is 2.75. The van der Waals surface area contributed by atoms with Gasteiger partial charge in [0.1, 0.15) is 11.4 Å². The predicted octanol–water partition coefficient (Wildman–Crippen LogP) is 4.81. The summed E-state index contributed by atoms with van der Waals surface area (Å²) in [4.78, 5) is 15.7. The van der Waals surface area contributed by atoms with Crippen LogP contribution in [-0.2, 0) is 6.54 Å². The van der Waals surface area contributed by atoms with Gasteiger partial charge >= 0.3 is 0 Å². The Labute approximate surface area is 187 Å². The fraction of sp³-hybridized carbons (Fsp3) is 0.458. The number of hydrogen-bond donors (Lipinski definition) is 1. The fourth-order valence-electron chi connectivity index (χ4n) is 5.03. The van der Waals surface area contributed by atoms with Gasteiger partial charge in [0.15, 0.2) is 11.5 Å². The van der Waals surface area contributed by atoms with Gasteiger partial charge in [-0.25, -0.2) is 4.39 Å². The van der Waals surface area contributed by atoms with Gasteiger partial charge in [-0.3, -0.25) is 9.69 Å². The van der Waals surface area contributed by atoms with Crippen molar-refractivity contribution in [3.8, 4) is 11.5 Å². The summed E-state index contributed by atoms with van der Waals surface area (Å²) in [6, 6.07) is 10.9. The van der Waals surface area contributed by atoms with Gasteiger partial charge < -0.3 is 14.8 Å². The highest BCUT2D eigenvalue weighted by molar-refractivity contribution is 6.34. The molecule has 4 rings (SSSR count). The Morgan fingerprint density at radius 1 is 1.10 bits per heavy atom. The lowest BCUT2D eigenvalue weighted by molar-refractivity contribution is 0.0176. The molecule has 2 aliphatic rings. The summed E-state index contributed by atoms with van der Waals surface area (Å²) >= 11 is 6.34. The van der Waals surface area contributed by atoms with Crippen LogP contribution in [0.1, 0.15) is 48.0 Å². The molecule has 5 nitrogen and oxygen atoms in total. The van der Waals surface area contributed by atoms with Crippen LogP contribution in [0.5, 0.6) is 11.5 Å². The Morgan fingerprint density at radius 2 is 1.77 bits per heavy atom. The topological polar surface area (TPSA) is 50.8 Å². The number of ether oxygens (including phenoxy) is 2. The largest absolute Gasteiger partial charge is 0.493 e. The minimum Gasteiger partial charge on any atom is -0.493 e. The van der Waals surface area contributed by atoms with E-state index in [1.807, 2.05) is 12.1 Å². The number of hydrogen-bond acceptors (Lipinski definition) is 4. The number of halogens is 2. The number of piperidine rings is 2. The highest BCUT2D eigenvalue weighted by atomic mass is 35.5. The molecule has 1 amide bonds. The Balaban J connectivity index is 1.47. The molecule has 2 fully saturated rings. The Bertz CT molecular complexity index is 923. The van der Waals surface area contributed by atoms with E-state index in [0.29, 0.717) is 34.2 Å². The summed E-state index contributed by atoms with van der Waals surface area (Å²) in [5.74, 6) is 0.372.